The van der Waals surface area contributed by atoms with E-state index in [1.165, 1.54) is 6.07 Å². The van der Waals surface area contributed by atoms with Crippen LogP contribution in [0.25, 0.3) is 0 Å². The van der Waals surface area contributed by atoms with Crippen molar-refractivity contribution in [2.45, 2.75) is 19.9 Å². The third kappa shape index (κ3) is 3.13. The molecule has 0 radical (unpaired) electrons. The van der Waals surface area contributed by atoms with Gasteiger partial charge in [0.15, 0.2) is 0 Å². The number of nitrogens with zero attached hydrogens (tertiary/aromatic N) is 2. The van der Waals surface area contributed by atoms with Crippen molar-refractivity contribution in [3.8, 4) is 0 Å². The Kier molecular flexibility index (Phi) is 4.13. The van der Waals surface area contributed by atoms with E-state index in [4.69, 9.17) is 5.73 Å². The molecule has 0 spiro atoms. The van der Waals surface area contributed by atoms with E-state index in [0.717, 1.165) is 18.5 Å². The zero-order chi connectivity index (χ0) is 15.6. The second kappa shape index (κ2) is 5.69. The molecule has 3 N–H and O–H groups in total. The molecule has 0 aliphatic carbocycles. The van der Waals surface area contributed by atoms with Crippen LogP contribution in [0.1, 0.15) is 18.9 Å². The second-order valence-electron chi connectivity index (χ2n) is 5.75. The number of nitrogens with one attached hydrogen (secondary N) is 1. The Balaban J connectivity index is 2.05. The number of hydrogen-bond acceptors (Lipinski definition) is 5. The number of carbonyl (C=O) groups is 1. The van der Waals surface area contributed by atoms with Crippen molar-refractivity contribution in [2.24, 2.45) is 5.41 Å². The standard InChI is InChI=1S/C14H20N4O3/c1-14(13(19)16-2)5-6-17(9-14)8-10-3-4-12(18(20)21)11(15)7-10/h3-4,7H,5-6,8-9,15H2,1-2H3,(H,16,19). The average Bonchev–Trinajstić information content (AvgIpc) is 2.80. The minimum absolute atomic E-state index is 0.0493. The lowest BCUT2D eigenvalue weighted by atomic mass is 9.89. The molecule has 1 saturated heterocycles. The monoisotopic (exact) mass is 292 g/mol. The summed E-state index contributed by atoms with van der Waals surface area (Å²) >= 11 is 0. The smallest absolute Gasteiger partial charge is 0.292 e. The molecule has 0 saturated carbocycles. The van der Waals surface area contributed by atoms with Crippen molar-refractivity contribution in [3.05, 3.63) is 33.9 Å². The summed E-state index contributed by atoms with van der Waals surface area (Å²) in [4.78, 5) is 24.3. The van der Waals surface area contributed by atoms with Crippen molar-refractivity contribution in [1.82, 2.24) is 10.2 Å². The number of nitrogen functional groups attached to an aromatic ring is 1. The fourth-order valence-corrected chi connectivity index (χ4v) is 2.81. The summed E-state index contributed by atoms with van der Waals surface area (Å²) in [5, 5.41) is 13.4. The molecule has 7 nitrogen and oxygen atoms in total. The maximum Gasteiger partial charge on any atom is 0.292 e. The van der Waals surface area contributed by atoms with Gasteiger partial charge in [0, 0.05) is 26.2 Å². The molecule has 1 aromatic carbocycles. The van der Waals surface area contributed by atoms with Crippen LogP contribution in [-0.4, -0.2) is 35.9 Å². The fourth-order valence-electron chi connectivity index (χ4n) is 2.81. The van der Waals surface area contributed by atoms with E-state index in [1.54, 1.807) is 19.2 Å². The van der Waals surface area contributed by atoms with Crippen LogP contribution < -0.4 is 11.1 Å². The van der Waals surface area contributed by atoms with Crippen LogP contribution in [0.15, 0.2) is 18.2 Å². The number of carbonyl (C=O) groups excluding carboxylic acids is 1. The largest absolute Gasteiger partial charge is 0.393 e. The molecule has 114 valence electrons. The summed E-state index contributed by atoms with van der Waals surface area (Å²) < 4.78 is 0. The van der Waals surface area contributed by atoms with Crippen LogP contribution in [0.2, 0.25) is 0 Å². The normalized spacial score (nSPS) is 22.2. The molecular formula is C14H20N4O3. The number of likely N-dealkylation sites (tertiary alicyclic amines) is 1. The van der Waals surface area contributed by atoms with Gasteiger partial charge in [-0.3, -0.25) is 19.8 Å². The molecular weight excluding hydrogens is 272 g/mol. The van der Waals surface area contributed by atoms with Gasteiger partial charge in [-0.05, 0) is 31.5 Å². The van der Waals surface area contributed by atoms with Crippen LogP contribution in [0.5, 0.6) is 0 Å². The number of nitro benzene ring substituents is 1. The first-order chi connectivity index (χ1) is 9.85. The Morgan fingerprint density at radius 2 is 2.29 bits per heavy atom. The predicted octanol–water partition coefficient (Wildman–Crippen LogP) is 1.13. The van der Waals surface area contributed by atoms with Crippen molar-refractivity contribution in [2.75, 3.05) is 25.9 Å². The Morgan fingerprint density at radius 3 is 2.86 bits per heavy atom. The molecule has 1 amide bonds. The number of anilines is 1. The summed E-state index contributed by atoms with van der Waals surface area (Å²) in [6.45, 7) is 4.08. The zero-order valence-electron chi connectivity index (χ0n) is 12.3. The molecule has 7 heteroatoms. The maximum atomic E-state index is 11.9. The zero-order valence-corrected chi connectivity index (χ0v) is 12.3. The molecule has 1 heterocycles. The highest BCUT2D eigenvalue weighted by atomic mass is 16.6. The number of hydrogen-bond donors (Lipinski definition) is 2. The Bertz CT molecular complexity index is 575. The first-order valence-corrected chi connectivity index (χ1v) is 6.83. The third-order valence-electron chi connectivity index (χ3n) is 4.02. The van der Waals surface area contributed by atoms with Crippen molar-refractivity contribution in [3.63, 3.8) is 0 Å². The summed E-state index contributed by atoms with van der Waals surface area (Å²) in [6.07, 6.45) is 0.801. The van der Waals surface area contributed by atoms with Crippen LogP contribution in [0.3, 0.4) is 0 Å². The van der Waals surface area contributed by atoms with E-state index in [2.05, 4.69) is 10.2 Å². The topological polar surface area (TPSA) is 102 Å². The molecule has 0 aromatic heterocycles. The van der Waals surface area contributed by atoms with E-state index in [9.17, 15) is 14.9 Å². The molecule has 1 aromatic rings. The van der Waals surface area contributed by atoms with E-state index in [-0.39, 0.29) is 22.7 Å². The highest BCUT2D eigenvalue weighted by Crippen LogP contribution is 2.31. The number of nitrogens with two attached hydrogens (primary N) is 1. The lowest BCUT2D eigenvalue weighted by molar-refractivity contribution is -0.383. The molecule has 1 atom stereocenters. The van der Waals surface area contributed by atoms with Crippen molar-refractivity contribution >= 4 is 17.3 Å². The molecule has 1 unspecified atom stereocenters. The number of benzene rings is 1. The van der Waals surface area contributed by atoms with E-state index < -0.39 is 4.92 Å². The Labute approximate surface area is 123 Å². The summed E-state index contributed by atoms with van der Waals surface area (Å²) in [7, 11) is 1.65. The number of amides is 1. The van der Waals surface area contributed by atoms with E-state index in [1.807, 2.05) is 6.92 Å². The van der Waals surface area contributed by atoms with Gasteiger partial charge in [0.25, 0.3) is 5.69 Å². The number of nitro groups is 1. The quantitative estimate of drug-likeness (QED) is 0.492. The highest BCUT2D eigenvalue weighted by Gasteiger charge is 2.39. The molecule has 1 fully saturated rings. The average molecular weight is 292 g/mol. The van der Waals surface area contributed by atoms with Crippen LogP contribution in [0, 0.1) is 15.5 Å². The van der Waals surface area contributed by atoms with Gasteiger partial charge in [0.05, 0.1) is 10.3 Å². The highest BCUT2D eigenvalue weighted by molar-refractivity contribution is 5.82. The first-order valence-electron chi connectivity index (χ1n) is 6.83. The molecule has 21 heavy (non-hydrogen) atoms. The summed E-state index contributed by atoms with van der Waals surface area (Å²) in [6, 6.07) is 4.77. The predicted molar refractivity (Wildman–Crippen MR) is 79.6 cm³/mol. The van der Waals surface area contributed by atoms with Crippen LogP contribution >= 0.6 is 0 Å². The summed E-state index contributed by atoms with van der Waals surface area (Å²) in [5.41, 5.74) is 6.34. The van der Waals surface area contributed by atoms with Gasteiger partial charge < -0.3 is 11.1 Å². The Morgan fingerprint density at radius 1 is 1.57 bits per heavy atom. The van der Waals surface area contributed by atoms with E-state index in [0.29, 0.717) is 13.1 Å². The second-order valence-corrected chi connectivity index (χ2v) is 5.75. The van der Waals surface area contributed by atoms with Gasteiger partial charge >= 0.3 is 0 Å². The maximum absolute atomic E-state index is 11.9. The van der Waals surface area contributed by atoms with Crippen LogP contribution in [0.4, 0.5) is 11.4 Å². The minimum Gasteiger partial charge on any atom is -0.393 e. The fraction of sp³-hybridized carbons (Fsp3) is 0.500. The van der Waals surface area contributed by atoms with Crippen molar-refractivity contribution in [1.29, 1.82) is 0 Å². The Hall–Kier alpha value is -2.15. The van der Waals surface area contributed by atoms with Gasteiger partial charge in [-0.1, -0.05) is 6.07 Å². The van der Waals surface area contributed by atoms with Gasteiger partial charge in [-0.2, -0.15) is 0 Å². The van der Waals surface area contributed by atoms with Gasteiger partial charge in [-0.25, -0.2) is 0 Å². The SMILES string of the molecule is CNC(=O)C1(C)CCN(Cc2ccc([N+](=O)[O-])c(N)c2)C1. The van der Waals surface area contributed by atoms with Gasteiger partial charge in [0.2, 0.25) is 5.91 Å². The molecule has 1 aliphatic rings. The lowest BCUT2D eigenvalue weighted by Gasteiger charge is -2.22. The molecule has 2 rings (SSSR count). The van der Waals surface area contributed by atoms with Gasteiger partial charge in [-0.15, -0.1) is 0 Å². The lowest BCUT2D eigenvalue weighted by Crippen LogP contribution is -2.39. The third-order valence-corrected chi connectivity index (χ3v) is 4.02. The van der Waals surface area contributed by atoms with Crippen LogP contribution in [-0.2, 0) is 11.3 Å². The first kappa shape index (κ1) is 15.2. The number of rotatable bonds is 4. The summed E-state index contributed by atoms with van der Waals surface area (Å²) in [5.74, 6) is 0.0493. The molecule has 0 bridgehead atoms. The van der Waals surface area contributed by atoms with Crippen molar-refractivity contribution < 1.29 is 9.72 Å². The molecule has 1 aliphatic heterocycles. The van der Waals surface area contributed by atoms with E-state index >= 15 is 0 Å². The van der Waals surface area contributed by atoms with Gasteiger partial charge in [0.1, 0.15) is 5.69 Å². The minimum atomic E-state index is -0.488.